The summed E-state index contributed by atoms with van der Waals surface area (Å²) in [6, 6.07) is 40.5. The van der Waals surface area contributed by atoms with Crippen LogP contribution in [0.4, 0.5) is 0 Å². The number of hydrogen-bond acceptors (Lipinski definition) is 0. The van der Waals surface area contributed by atoms with E-state index in [4.69, 9.17) is 0 Å². The second-order valence-electron chi connectivity index (χ2n) is 11.5. The topological polar surface area (TPSA) is 9.86 Å². The normalized spacial score (nSPS) is 15.0. The molecule has 0 bridgehead atoms. The summed E-state index contributed by atoms with van der Waals surface area (Å²) in [4.78, 5) is 0. The van der Waals surface area contributed by atoms with Crippen molar-refractivity contribution in [2.75, 3.05) is 0 Å². The second kappa shape index (κ2) is 9.22. The zero-order chi connectivity index (χ0) is 27.6. The van der Waals surface area contributed by atoms with Crippen LogP contribution in [0.15, 0.2) is 127 Å². The fourth-order valence-electron chi connectivity index (χ4n) is 7.53. The highest BCUT2D eigenvalue weighted by molar-refractivity contribution is 6.22. The van der Waals surface area contributed by atoms with Crippen LogP contribution < -0.4 is 10.4 Å². The van der Waals surface area contributed by atoms with E-state index in [0.29, 0.717) is 0 Å². The Labute approximate surface area is 244 Å². The second-order valence-corrected chi connectivity index (χ2v) is 11.5. The summed E-state index contributed by atoms with van der Waals surface area (Å²) in [5.74, 6) is 0. The molecule has 0 atom stereocenters. The number of aromatic nitrogens is 2. The number of nitrogens with zero attached hydrogens (tertiary/aromatic N) is 2. The smallest absolute Gasteiger partial charge is 0.0544 e. The Bertz CT molecular complexity index is 2410. The third kappa shape index (κ3) is 3.33. The summed E-state index contributed by atoms with van der Waals surface area (Å²) in [6.07, 6.45) is 13.4. The Balaban J connectivity index is 1.42. The average Bonchev–Trinajstić information content (AvgIpc) is 3.58. The fourth-order valence-corrected chi connectivity index (χ4v) is 7.53. The molecule has 7 aromatic rings. The van der Waals surface area contributed by atoms with Crippen molar-refractivity contribution in [3.63, 3.8) is 0 Å². The third-order valence-corrected chi connectivity index (χ3v) is 9.25. The van der Waals surface area contributed by atoms with Gasteiger partial charge in [-0.1, -0.05) is 103 Å². The molecule has 0 spiro atoms. The molecule has 5 aromatic carbocycles. The van der Waals surface area contributed by atoms with Crippen LogP contribution in [0.3, 0.4) is 0 Å². The minimum atomic E-state index is 1.03. The van der Waals surface area contributed by atoms with Crippen LogP contribution >= 0.6 is 0 Å². The van der Waals surface area contributed by atoms with Crippen LogP contribution in [0.2, 0.25) is 0 Å². The maximum Gasteiger partial charge on any atom is 0.0544 e. The Morgan fingerprint density at radius 3 is 1.83 bits per heavy atom. The van der Waals surface area contributed by atoms with E-state index >= 15 is 0 Å². The van der Waals surface area contributed by atoms with Gasteiger partial charge in [-0.05, 0) is 72.4 Å². The Morgan fingerprint density at radius 2 is 1.12 bits per heavy atom. The zero-order valence-corrected chi connectivity index (χ0v) is 23.4. The van der Waals surface area contributed by atoms with E-state index in [0.717, 1.165) is 25.7 Å². The van der Waals surface area contributed by atoms with E-state index in [9.17, 15) is 0 Å². The maximum atomic E-state index is 2.54. The van der Waals surface area contributed by atoms with Gasteiger partial charge < -0.3 is 9.13 Å². The molecular weight excluding hydrogens is 508 g/mol. The molecule has 2 nitrogen and oxygen atoms in total. The molecule has 0 saturated carbocycles. The largest absolute Gasteiger partial charge is 0.313 e. The molecular formula is C40H30N2. The van der Waals surface area contributed by atoms with Gasteiger partial charge in [0.25, 0.3) is 0 Å². The van der Waals surface area contributed by atoms with Gasteiger partial charge in [-0.25, -0.2) is 0 Å². The Morgan fingerprint density at radius 1 is 0.500 bits per heavy atom. The van der Waals surface area contributed by atoms with Gasteiger partial charge in [0.2, 0.25) is 0 Å². The highest BCUT2D eigenvalue weighted by atomic mass is 15.0. The summed E-state index contributed by atoms with van der Waals surface area (Å²) < 4.78 is 5.04. The standard InChI is InChI=1S/C40H30N2/c1-2-15-28(16-3-1)41-35-22-8-6-18-32(35)39-30(20-11-25-37(39)41)31-21-12-26-38-40(31)33-19-7-9-23-36(33)42(38)34-24-10-14-27-13-4-5-17-29(27)34/h1-2,4-9,11-15,17-23,25-26H,3,10,16,24H2. The molecule has 2 aliphatic rings. The van der Waals surface area contributed by atoms with Crippen molar-refractivity contribution < 1.29 is 0 Å². The minimum absolute atomic E-state index is 1.03. The van der Waals surface area contributed by atoms with Crippen LogP contribution in [0.1, 0.15) is 25.7 Å². The monoisotopic (exact) mass is 538 g/mol. The molecule has 0 fully saturated rings. The molecule has 0 saturated heterocycles. The van der Waals surface area contributed by atoms with Gasteiger partial charge in [0.15, 0.2) is 0 Å². The summed E-state index contributed by atoms with van der Waals surface area (Å²) in [6.45, 7) is 0. The van der Waals surface area contributed by atoms with Crippen molar-refractivity contribution in [3.05, 3.63) is 138 Å². The van der Waals surface area contributed by atoms with Crippen molar-refractivity contribution in [2.24, 2.45) is 0 Å². The van der Waals surface area contributed by atoms with Crippen molar-refractivity contribution in [2.45, 2.75) is 25.7 Å². The number of hydrogen-bond donors (Lipinski definition) is 0. The van der Waals surface area contributed by atoms with E-state index < -0.39 is 0 Å². The van der Waals surface area contributed by atoms with Gasteiger partial charge in [-0.2, -0.15) is 0 Å². The molecule has 2 aliphatic carbocycles. The number of benzene rings is 5. The van der Waals surface area contributed by atoms with Crippen LogP contribution in [0, 0.1) is 0 Å². The molecule has 0 amide bonds. The van der Waals surface area contributed by atoms with E-state index in [1.807, 2.05) is 0 Å². The lowest BCUT2D eigenvalue weighted by atomic mass is 9.95. The summed E-state index contributed by atoms with van der Waals surface area (Å²) in [7, 11) is 0. The molecule has 0 aliphatic heterocycles. The predicted octanol–water partition coefficient (Wildman–Crippen LogP) is 8.99. The van der Waals surface area contributed by atoms with Crippen molar-refractivity contribution in [1.29, 1.82) is 0 Å². The lowest BCUT2D eigenvalue weighted by Crippen LogP contribution is -2.31. The summed E-state index contributed by atoms with van der Waals surface area (Å²) in [5.41, 5.74) is 10.5. The number of allylic oxidation sites excluding steroid dienone is 4. The average molecular weight is 539 g/mol. The highest BCUT2D eigenvalue weighted by Crippen LogP contribution is 2.44. The first-order chi connectivity index (χ1) is 20.9. The van der Waals surface area contributed by atoms with Crippen LogP contribution in [-0.2, 0) is 0 Å². The fraction of sp³-hybridized carbons (Fsp3) is 0.100. The number of fused-ring (bicyclic) bond motifs is 7. The first-order valence-corrected chi connectivity index (χ1v) is 15.1. The Hall–Kier alpha value is -5.08. The zero-order valence-electron chi connectivity index (χ0n) is 23.4. The molecule has 2 aromatic heterocycles. The van der Waals surface area contributed by atoms with E-state index in [2.05, 4.69) is 143 Å². The van der Waals surface area contributed by atoms with Gasteiger partial charge >= 0.3 is 0 Å². The SMILES string of the molecule is C1=CCCC(n2c3ccccc3c3c(-c4cccc5c4c4ccccc4n5C4=c5ccccc5=CCC4)cccc32)=C1. The molecule has 0 unspecified atom stereocenters. The van der Waals surface area contributed by atoms with E-state index in [1.165, 1.54) is 76.6 Å². The quantitative estimate of drug-likeness (QED) is 0.212. The van der Waals surface area contributed by atoms with Crippen molar-refractivity contribution >= 4 is 61.1 Å². The maximum absolute atomic E-state index is 2.54. The lowest BCUT2D eigenvalue weighted by molar-refractivity contribution is 0.979. The first kappa shape index (κ1) is 23.6. The molecule has 0 N–H and O–H groups in total. The first-order valence-electron chi connectivity index (χ1n) is 15.1. The van der Waals surface area contributed by atoms with Crippen LogP contribution in [0.25, 0.3) is 72.2 Å². The van der Waals surface area contributed by atoms with Crippen molar-refractivity contribution in [1.82, 2.24) is 9.13 Å². The minimum Gasteiger partial charge on any atom is -0.313 e. The van der Waals surface area contributed by atoms with Gasteiger partial charge in [-0.15, -0.1) is 0 Å². The summed E-state index contributed by atoms with van der Waals surface area (Å²) in [5, 5.41) is 7.96. The van der Waals surface area contributed by atoms with Gasteiger partial charge in [0.05, 0.1) is 22.1 Å². The Kier molecular flexibility index (Phi) is 5.18. The number of para-hydroxylation sites is 2. The molecule has 2 heterocycles. The molecule has 42 heavy (non-hydrogen) atoms. The molecule has 0 radical (unpaired) electrons. The van der Waals surface area contributed by atoms with Gasteiger partial charge in [0.1, 0.15) is 0 Å². The third-order valence-electron chi connectivity index (χ3n) is 9.25. The molecule has 9 rings (SSSR count). The highest BCUT2D eigenvalue weighted by Gasteiger charge is 2.22. The summed E-state index contributed by atoms with van der Waals surface area (Å²) >= 11 is 0. The lowest BCUT2D eigenvalue weighted by Gasteiger charge is -2.16. The van der Waals surface area contributed by atoms with Gasteiger partial charge in [-0.3, -0.25) is 0 Å². The van der Waals surface area contributed by atoms with E-state index in [-0.39, 0.29) is 0 Å². The predicted molar refractivity (Wildman–Crippen MR) is 179 cm³/mol. The number of rotatable bonds is 3. The van der Waals surface area contributed by atoms with Crippen LogP contribution in [-0.4, -0.2) is 9.13 Å². The molecule has 200 valence electrons. The van der Waals surface area contributed by atoms with Gasteiger partial charge in [0, 0.05) is 38.2 Å². The van der Waals surface area contributed by atoms with Crippen LogP contribution in [0.5, 0.6) is 0 Å². The van der Waals surface area contributed by atoms with Crippen molar-refractivity contribution in [3.8, 4) is 11.1 Å². The molecule has 2 heteroatoms. The van der Waals surface area contributed by atoms with E-state index in [1.54, 1.807) is 0 Å².